The maximum atomic E-state index is 12.8. The van der Waals surface area contributed by atoms with E-state index in [0.717, 1.165) is 27.9 Å². The number of fused-ring (bicyclic) bond motifs is 1. The first-order valence-corrected chi connectivity index (χ1v) is 10.3. The van der Waals surface area contributed by atoms with E-state index < -0.39 is 0 Å². The van der Waals surface area contributed by atoms with Crippen LogP contribution < -0.4 is 10.6 Å². The Morgan fingerprint density at radius 1 is 0.848 bits per heavy atom. The molecule has 0 fully saturated rings. The minimum atomic E-state index is -0.326. The third kappa shape index (κ3) is 4.22. The van der Waals surface area contributed by atoms with Crippen LogP contribution in [-0.2, 0) is 0 Å². The SMILES string of the molecule is Cc1ccccc1-c1cc(NC(=O)c2cccc(NC(=O)c3ccc4nc[nH]c4c3)c2)n[nH]1. The molecule has 3 aromatic carbocycles. The molecular weight excluding hydrogens is 416 g/mol. The number of imidazole rings is 1. The molecule has 5 rings (SSSR count). The Hall–Kier alpha value is -4.72. The molecule has 0 radical (unpaired) electrons. The first-order chi connectivity index (χ1) is 16.1. The summed E-state index contributed by atoms with van der Waals surface area (Å²) in [7, 11) is 0. The van der Waals surface area contributed by atoms with Crippen LogP contribution in [0.3, 0.4) is 0 Å². The van der Waals surface area contributed by atoms with E-state index in [-0.39, 0.29) is 11.8 Å². The predicted molar refractivity (Wildman–Crippen MR) is 127 cm³/mol. The van der Waals surface area contributed by atoms with Gasteiger partial charge < -0.3 is 15.6 Å². The Morgan fingerprint density at radius 2 is 1.67 bits per heavy atom. The molecule has 162 valence electrons. The lowest BCUT2D eigenvalue weighted by Gasteiger charge is -2.08. The number of aryl methyl sites for hydroxylation is 1. The number of nitrogens with one attached hydrogen (secondary N) is 4. The van der Waals surface area contributed by atoms with Gasteiger partial charge in [0.15, 0.2) is 5.82 Å². The minimum Gasteiger partial charge on any atom is -0.345 e. The molecule has 2 amide bonds. The lowest BCUT2D eigenvalue weighted by Crippen LogP contribution is -2.14. The number of carbonyl (C=O) groups is 2. The van der Waals surface area contributed by atoms with E-state index in [2.05, 4.69) is 30.8 Å². The predicted octanol–water partition coefficient (Wildman–Crippen LogP) is 4.77. The van der Waals surface area contributed by atoms with Crippen LogP contribution in [0.1, 0.15) is 26.3 Å². The van der Waals surface area contributed by atoms with Crippen LogP contribution in [0.2, 0.25) is 0 Å². The number of aromatic nitrogens is 4. The number of nitrogens with zero attached hydrogens (tertiary/aromatic N) is 2. The third-order valence-corrected chi connectivity index (χ3v) is 5.32. The van der Waals surface area contributed by atoms with Gasteiger partial charge in [0.05, 0.1) is 23.1 Å². The molecule has 0 saturated carbocycles. The molecule has 0 aliphatic carbocycles. The van der Waals surface area contributed by atoms with Crippen molar-refractivity contribution >= 4 is 34.4 Å². The molecule has 2 aromatic heterocycles. The Kier molecular flexibility index (Phi) is 5.16. The second kappa shape index (κ2) is 8.43. The van der Waals surface area contributed by atoms with Crippen LogP contribution in [0, 0.1) is 6.92 Å². The van der Waals surface area contributed by atoms with Crippen molar-refractivity contribution in [1.82, 2.24) is 20.2 Å². The quantitative estimate of drug-likeness (QED) is 0.318. The fourth-order valence-electron chi connectivity index (χ4n) is 3.61. The van der Waals surface area contributed by atoms with Gasteiger partial charge in [0.2, 0.25) is 0 Å². The summed E-state index contributed by atoms with van der Waals surface area (Å²) < 4.78 is 0. The van der Waals surface area contributed by atoms with Crippen molar-refractivity contribution in [3.63, 3.8) is 0 Å². The average Bonchev–Trinajstić information content (AvgIpc) is 3.48. The number of hydrogen-bond acceptors (Lipinski definition) is 4. The molecule has 8 nitrogen and oxygen atoms in total. The normalized spacial score (nSPS) is 10.8. The largest absolute Gasteiger partial charge is 0.345 e. The van der Waals surface area contributed by atoms with E-state index in [9.17, 15) is 9.59 Å². The van der Waals surface area contributed by atoms with Crippen LogP contribution in [0.5, 0.6) is 0 Å². The van der Waals surface area contributed by atoms with Crippen molar-refractivity contribution < 1.29 is 9.59 Å². The second-order valence-corrected chi connectivity index (χ2v) is 7.61. The number of carbonyl (C=O) groups excluding carboxylic acids is 2. The standard InChI is InChI=1S/C25H20N6O2/c1-15-5-2-3-8-19(15)21-13-23(31-30-21)29-25(33)16-6-4-7-18(11-16)28-24(32)17-9-10-20-22(12-17)27-14-26-20/h2-14H,1H3,(H,26,27)(H,28,32)(H2,29,30,31,33). The average molecular weight is 436 g/mol. The third-order valence-electron chi connectivity index (χ3n) is 5.32. The van der Waals surface area contributed by atoms with Crippen molar-refractivity contribution in [1.29, 1.82) is 0 Å². The summed E-state index contributed by atoms with van der Waals surface area (Å²) in [6.45, 7) is 2.02. The fourth-order valence-corrected chi connectivity index (χ4v) is 3.61. The number of amides is 2. The van der Waals surface area contributed by atoms with Gasteiger partial charge >= 0.3 is 0 Å². The van der Waals surface area contributed by atoms with Crippen molar-refractivity contribution in [2.24, 2.45) is 0 Å². The van der Waals surface area contributed by atoms with Gasteiger partial charge in [0.25, 0.3) is 11.8 Å². The molecule has 0 bridgehead atoms. The summed E-state index contributed by atoms with van der Waals surface area (Å²) in [5, 5.41) is 12.8. The monoisotopic (exact) mass is 436 g/mol. The molecule has 8 heteroatoms. The smallest absolute Gasteiger partial charge is 0.256 e. The van der Waals surface area contributed by atoms with Gasteiger partial charge in [-0.25, -0.2) is 4.98 Å². The van der Waals surface area contributed by atoms with E-state index >= 15 is 0 Å². The van der Waals surface area contributed by atoms with Gasteiger partial charge in [-0.15, -0.1) is 0 Å². The zero-order valence-corrected chi connectivity index (χ0v) is 17.7. The van der Waals surface area contributed by atoms with E-state index in [1.165, 1.54) is 0 Å². The molecule has 0 saturated heterocycles. The lowest BCUT2D eigenvalue weighted by atomic mass is 10.1. The topological polar surface area (TPSA) is 116 Å². The zero-order valence-electron chi connectivity index (χ0n) is 17.7. The number of rotatable bonds is 5. The van der Waals surface area contributed by atoms with Gasteiger partial charge in [-0.2, -0.15) is 5.10 Å². The summed E-state index contributed by atoms with van der Waals surface area (Å²) in [5.74, 6) is -0.187. The number of aromatic amines is 2. The highest BCUT2D eigenvalue weighted by Gasteiger charge is 2.13. The van der Waals surface area contributed by atoms with Crippen molar-refractivity contribution in [3.8, 4) is 11.3 Å². The first-order valence-electron chi connectivity index (χ1n) is 10.3. The Bertz CT molecular complexity index is 1480. The highest BCUT2D eigenvalue weighted by molar-refractivity contribution is 6.08. The van der Waals surface area contributed by atoms with Crippen molar-refractivity contribution in [2.45, 2.75) is 6.92 Å². The molecule has 0 unspecified atom stereocenters. The van der Waals surface area contributed by atoms with Gasteiger partial charge in [-0.3, -0.25) is 14.7 Å². The van der Waals surface area contributed by atoms with Crippen LogP contribution in [-0.4, -0.2) is 32.0 Å². The Balaban J connectivity index is 1.29. The maximum Gasteiger partial charge on any atom is 0.256 e. The van der Waals surface area contributed by atoms with Gasteiger partial charge in [-0.1, -0.05) is 30.3 Å². The second-order valence-electron chi connectivity index (χ2n) is 7.61. The van der Waals surface area contributed by atoms with Gasteiger partial charge in [-0.05, 0) is 48.9 Å². The highest BCUT2D eigenvalue weighted by Crippen LogP contribution is 2.23. The molecule has 0 aliphatic rings. The van der Waals surface area contributed by atoms with Gasteiger partial charge in [0.1, 0.15) is 0 Å². The molecule has 5 aromatic rings. The summed E-state index contributed by atoms with van der Waals surface area (Å²) in [6, 6.07) is 21.7. The molecule has 0 aliphatic heterocycles. The number of benzene rings is 3. The van der Waals surface area contributed by atoms with Crippen molar-refractivity contribution in [2.75, 3.05) is 10.6 Å². The zero-order chi connectivity index (χ0) is 22.8. The summed E-state index contributed by atoms with van der Waals surface area (Å²) >= 11 is 0. The lowest BCUT2D eigenvalue weighted by molar-refractivity contribution is 0.101. The maximum absolute atomic E-state index is 12.8. The molecule has 0 spiro atoms. The van der Waals surface area contributed by atoms with E-state index in [4.69, 9.17) is 0 Å². The summed E-state index contributed by atoms with van der Waals surface area (Å²) in [4.78, 5) is 32.6. The molecule has 33 heavy (non-hydrogen) atoms. The number of anilines is 2. The van der Waals surface area contributed by atoms with Crippen LogP contribution in [0.25, 0.3) is 22.3 Å². The number of hydrogen-bond donors (Lipinski definition) is 4. The molecular formula is C25H20N6O2. The number of H-pyrrole nitrogens is 2. The summed E-state index contributed by atoms with van der Waals surface area (Å²) in [6.07, 6.45) is 1.58. The first kappa shape index (κ1) is 20.2. The van der Waals surface area contributed by atoms with Gasteiger partial charge in [0, 0.05) is 28.4 Å². The van der Waals surface area contributed by atoms with Crippen molar-refractivity contribution in [3.05, 3.63) is 95.8 Å². The highest BCUT2D eigenvalue weighted by atomic mass is 16.2. The van der Waals surface area contributed by atoms with E-state index in [1.54, 1.807) is 54.9 Å². The van der Waals surface area contributed by atoms with Crippen LogP contribution in [0.4, 0.5) is 11.5 Å². The van der Waals surface area contributed by atoms with E-state index in [1.807, 2.05) is 31.2 Å². The Labute approximate surface area is 189 Å². The molecule has 4 N–H and O–H groups in total. The van der Waals surface area contributed by atoms with E-state index in [0.29, 0.717) is 22.6 Å². The molecule has 2 heterocycles. The fraction of sp³-hybridized carbons (Fsp3) is 0.0400. The summed E-state index contributed by atoms with van der Waals surface area (Å²) in [5.41, 5.74) is 5.91. The molecule has 0 atom stereocenters. The van der Waals surface area contributed by atoms with Crippen LogP contribution >= 0.6 is 0 Å². The Morgan fingerprint density at radius 3 is 2.55 bits per heavy atom. The van der Waals surface area contributed by atoms with Crippen LogP contribution in [0.15, 0.2) is 79.1 Å². The minimum absolute atomic E-state index is 0.278.